The van der Waals surface area contributed by atoms with E-state index < -0.39 is 5.97 Å². The maximum Gasteiger partial charge on any atom is 0.310 e. The van der Waals surface area contributed by atoms with E-state index in [0.717, 1.165) is 19.3 Å². The lowest BCUT2D eigenvalue weighted by Gasteiger charge is -2.32. The molecule has 0 atom stereocenters. The van der Waals surface area contributed by atoms with Crippen LogP contribution < -0.4 is 14.2 Å². The molecule has 3 rings (SSSR count). The Balaban J connectivity index is 1.46. The zero-order chi connectivity index (χ0) is 22.9. The van der Waals surface area contributed by atoms with Crippen molar-refractivity contribution >= 4 is 11.9 Å². The van der Waals surface area contributed by atoms with Gasteiger partial charge in [0.1, 0.15) is 0 Å². The van der Waals surface area contributed by atoms with Crippen LogP contribution in [-0.2, 0) is 27.2 Å². The van der Waals surface area contributed by atoms with Crippen molar-refractivity contribution in [1.82, 2.24) is 4.90 Å². The molecule has 1 heterocycles. The largest absolute Gasteiger partial charge is 0.493 e. The molecular weight excluding hydrogens is 410 g/mol. The molecule has 0 unspecified atom stereocenters. The van der Waals surface area contributed by atoms with Crippen molar-refractivity contribution in [3.05, 3.63) is 53.6 Å². The number of esters is 1. The number of carbonyl (C=O) groups is 2. The van der Waals surface area contributed by atoms with Crippen molar-refractivity contribution in [3.63, 3.8) is 0 Å². The first-order valence-electron chi connectivity index (χ1n) is 10.8. The van der Waals surface area contributed by atoms with Gasteiger partial charge in [0, 0.05) is 13.1 Å². The average molecular weight is 442 g/mol. The molecule has 1 aliphatic heterocycles. The fraction of sp³-hybridized carbons (Fsp3) is 0.440. The lowest BCUT2D eigenvalue weighted by Crippen LogP contribution is -2.41. The Morgan fingerprint density at radius 2 is 1.53 bits per heavy atom. The lowest BCUT2D eigenvalue weighted by molar-refractivity contribution is -0.152. The molecule has 0 saturated carbocycles. The van der Waals surface area contributed by atoms with Crippen LogP contribution in [-0.4, -0.2) is 57.8 Å². The average Bonchev–Trinajstić information content (AvgIpc) is 2.83. The minimum absolute atomic E-state index is 0.00312. The van der Waals surface area contributed by atoms with Gasteiger partial charge >= 0.3 is 5.97 Å². The molecule has 0 spiro atoms. The standard InChI is InChI=1S/C25H31NO6/c1-29-21-14-20(15-22(30-2)25(21)31-3)16-24(28)32-17-23(27)26-11-9-19(10-12-26)13-18-7-5-4-6-8-18/h4-8,14-15,19H,9-13,16-17H2,1-3H3. The molecule has 7 heteroatoms. The van der Waals surface area contributed by atoms with Gasteiger partial charge in [-0.1, -0.05) is 30.3 Å². The molecule has 0 aliphatic carbocycles. The molecule has 7 nitrogen and oxygen atoms in total. The Kier molecular flexibility index (Phi) is 8.36. The van der Waals surface area contributed by atoms with Crippen molar-refractivity contribution in [2.45, 2.75) is 25.7 Å². The maximum absolute atomic E-state index is 12.5. The van der Waals surface area contributed by atoms with Crippen LogP contribution in [0.1, 0.15) is 24.0 Å². The highest BCUT2D eigenvalue weighted by Gasteiger charge is 2.24. The molecule has 1 aliphatic rings. The first-order chi connectivity index (χ1) is 15.5. The van der Waals surface area contributed by atoms with E-state index in [0.29, 0.717) is 41.8 Å². The number of likely N-dealkylation sites (tertiary alicyclic amines) is 1. The van der Waals surface area contributed by atoms with Crippen LogP contribution in [0, 0.1) is 5.92 Å². The second kappa shape index (κ2) is 11.4. The van der Waals surface area contributed by atoms with E-state index in [1.54, 1.807) is 17.0 Å². The number of benzene rings is 2. The minimum atomic E-state index is -0.480. The predicted octanol–water partition coefficient (Wildman–Crippen LogP) is 3.28. The van der Waals surface area contributed by atoms with Crippen molar-refractivity contribution in [1.29, 1.82) is 0 Å². The number of piperidine rings is 1. The first kappa shape index (κ1) is 23.4. The normalized spacial score (nSPS) is 14.0. The highest BCUT2D eigenvalue weighted by Crippen LogP contribution is 2.38. The maximum atomic E-state index is 12.5. The third-order valence-corrected chi connectivity index (χ3v) is 5.76. The number of nitrogens with zero attached hydrogens (tertiary/aromatic N) is 1. The molecule has 1 saturated heterocycles. The highest BCUT2D eigenvalue weighted by molar-refractivity contribution is 5.81. The topological polar surface area (TPSA) is 74.3 Å². The summed E-state index contributed by atoms with van der Waals surface area (Å²) in [4.78, 5) is 26.6. The Hall–Kier alpha value is -3.22. The van der Waals surface area contributed by atoms with Gasteiger partial charge in [-0.05, 0) is 48.4 Å². The summed E-state index contributed by atoms with van der Waals surface area (Å²) in [5, 5.41) is 0. The fourth-order valence-corrected chi connectivity index (χ4v) is 4.02. The van der Waals surface area contributed by atoms with E-state index in [1.807, 2.05) is 6.07 Å². The molecule has 0 radical (unpaired) electrons. The van der Waals surface area contributed by atoms with Crippen molar-refractivity contribution in [3.8, 4) is 17.2 Å². The predicted molar refractivity (Wildman–Crippen MR) is 120 cm³/mol. The molecular formula is C25H31NO6. The lowest BCUT2D eigenvalue weighted by atomic mass is 9.90. The number of hydrogen-bond acceptors (Lipinski definition) is 6. The smallest absolute Gasteiger partial charge is 0.310 e. The summed E-state index contributed by atoms with van der Waals surface area (Å²) in [5.41, 5.74) is 1.98. The molecule has 32 heavy (non-hydrogen) atoms. The van der Waals surface area contributed by atoms with E-state index in [4.69, 9.17) is 18.9 Å². The summed E-state index contributed by atoms with van der Waals surface area (Å²) >= 11 is 0. The molecule has 2 aromatic carbocycles. The number of hydrogen-bond donors (Lipinski definition) is 0. The molecule has 172 valence electrons. The summed E-state index contributed by atoms with van der Waals surface area (Å²) in [6, 6.07) is 13.8. The van der Waals surface area contributed by atoms with E-state index >= 15 is 0 Å². The van der Waals surface area contributed by atoms with Gasteiger partial charge in [-0.15, -0.1) is 0 Å². The van der Waals surface area contributed by atoms with E-state index in [9.17, 15) is 9.59 Å². The minimum Gasteiger partial charge on any atom is -0.493 e. The zero-order valence-electron chi connectivity index (χ0n) is 19.0. The van der Waals surface area contributed by atoms with Crippen molar-refractivity contribution in [2.24, 2.45) is 5.92 Å². The number of methoxy groups -OCH3 is 3. The van der Waals surface area contributed by atoms with Gasteiger partial charge in [0.2, 0.25) is 5.75 Å². The van der Waals surface area contributed by atoms with Crippen LogP contribution in [0.2, 0.25) is 0 Å². The van der Waals surface area contributed by atoms with E-state index in [-0.39, 0.29) is 18.9 Å². The number of amides is 1. The van der Waals surface area contributed by atoms with Crippen molar-refractivity contribution in [2.75, 3.05) is 41.0 Å². The van der Waals surface area contributed by atoms with Crippen LogP contribution >= 0.6 is 0 Å². The molecule has 0 N–H and O–H groups in total. The second-order valence-corrected chi connectivity index (χ2v) is 7.88. The monoisotopic (exact) mass is 441 g/mol. The zero-order valence-corrected chi connectivity index (χ0v) is 19.0. The van der Waals surface area contributed by atoms with Crippen LogP contribution in [0.5, 0.6) is 17.2 Å². The third-order valence-electron chi connectivity index (χ3n) is 5.76. The van der Waals surface area contributed by atoms with E-state index in [1.165, 1.54) is 26.9 Å². The molecule has 2 aromatic rings. The third kappa shape index (κ3) is 6.15. The SMILES string of the molecule is COc1cc(CC(=O)OCC(=O)N2CCC(Cc3ccccc3)CC2)cc(OC)c1OC. The van der Waals surface area contributed by atoms with Crippen molar-refractivity contribution < 1.29 is 28.5 Å². The summed E-state index contributed by atoms with van der Waals surface area (Å²) in [6.07, 6.45) is 2.95. The van der Waals surface area contributed by atoms with Crippen LogP contribution in [0.25, 0.3) is 0 Å². The van der Waals surface area contributed by atoms with Gasteiger partial charge in [0.05, 0.1) is 27.8 Å². The Morgan fingerprint density at radius 3 is 2.09 bits per heavy atom. The van der Waals surface area contributed by atoms with Crippen LogP contribution in [0.15, 0.2) is 42.5 Å². The van der Waals surface area contributed by atoms with Gasteiger partial charge in [0.25, 0.3) is 5.91 Å². The molecule has 0 aromatic heterocycles. The molecule has 1 fully saturated rings. The Labute approximate surface area is 189 Å². The Bertz CT molecular complexity index is 881. The second-order valence-electron chi connectivity index (χ2n) is 7.88. The van der Waals surface area contributed by atoms with Gasteiger partial charge in [-0.3, -0.25) is 9.59 Å². The van der Waals surface area contributed by atoms with Crippen LogP contribution in [0.3, 0.4) is 0 Å². The summed E-state index contributed by atoms with van der Waals surface area (Å²) in [7, 11) is 4.55. The first-order valence-corrected chi connectivity index (χ1v) is 10.8. The molecule has 1 amide bonds. The number of carbonyl (C=O) groups excluding carboxylic acids is 2. The summed E-state index contributed by atoms with van der Waals surface area (Å²) < 4.78 is 21.1. The van der Waals surface area contributed by atoms with Gasteiger partial charge in [-0.25, -0.2) is 0 Å². The summed E-state index contributed by atoms with van der Waals surface area (Å²) in [5.74, 6) is 1.32. The quantitative estimate of drug-likeness (QED) is 0.556. The van der Waals surface area contributed by atoms with E-state index in [2.05, 4.69) is 24.3 Å². The fourth-order valence-electron chi connectivity index (χ4n) is 4.02. The Morgan fingerprint density at radius 1 is 0.906 bits per heavy atom. The molecule has 0 bridgehead atoms. The van der Waals surface area contributed by atoms with Gasteiger partial charge < -0.3 is 23.8 Å². The van der Waals surface area contributed by atoms with Crippen LogP contribution in [0.4, 0.5) is 0 Å². The number of rotatable bonds is 9. The number of ether oxygens (including phenoxy) is 4. The van der Waals surface area contributed by atoms with Gasteiger partial charge in [-0.2, -0.15) is 0 Å². The highest BCUT2D eigenvalue weighted by atomic mass is 16.5. The van der Waals surface area contributed by atoms with Gasteiger partial charge in [0.15, 0.2) is 18.1 Å². The summed E-state index contributed by atoms with van der Waals surface area (Å²) in [6.45, 7) is 1.15.